The summed E-state index contributed by atoms with van der Waals surface area (Å²) < 4.78 is 0.836. The van der Waals surface area contributed by atoms with Gasteiger partial charge in [-0.15, -0.1) is 11.3 Å². The molecule has 0 aliphatic rings. The van der Waals surface area contributed by atoms with Gasteiger partial charge in [0.2, 0.25) is 0 Å². The molecule has 0 fully saturated rings. The third-order valence-electron chi connectivity index (χ3n) is 2.23. The van der Waals surface area contributed by atoms with Crippen molar-refractivity contribution in [1.29, 1.82) is 0 Å². The number of hydrogen-bond donors (Lipinski definition) is 2. The largest absolute Gasteiger partial charge is 0.477 e. The average Bonchev–Trinajstić information content (AvgIpc) is 2.56. The maximum Gasteiger partial charge on any atom is 0.343 e. The van der Waals surface area contributed by atoms with Crippen molar-refractivity contribution >= 4 is 40.5 Å². The normalized spacial score (nSPS) is 10.6. The zero-order valence-electron chi connectivity index (χ0n) is 8.95. The highest BCUT2D eigenvalue weighted by Gasteiger charge is 2.17. The molecule has 0 aliphatic heterocycles. The van der Waals surface area contributed by atoms with E-state index < -0.39 is 11.5 Å². The third-order valence-corrected chi connectivity index (χ3v) is 3.71. The van der Waals surface area contributed by atoms with Crippen LogP contribution >= 0.6 is 34.5 Å². The molecule has 0 atom stereocenters. The quantitative estimate of drug-likeness (QED) is 0.893. The molecule has 2 aromatic rings. The maximum absolute atomic E-state index is 11.6. The molecular weight excluding hydrogens is 299 g/mol. The number of nitrogens with zero attached hydrogens (tertiary/aromatic N) is 1. The smallest absolute Gasteiger partial charge is 0.343 e. The zero-order valence-corrected chi connectivity index (χ0v) is 11.3. The monoisotopic (exact) mass is 304 g/mol. The van der Waals surface area contributed by atoms with Gasteiger partial charge in [-0.3, -0.25) is 4.79 Å². The van der Waals surface area contributed by atoms with E-state index in [9.17, 15) is 9.59 Å². The van der Waals surface area contributed by atoms with Crippen molar-refractivity contribution in [3.05, 3.63) is 36.4 Å². The number of thiophene rings is 1. The number of aromatic carboxylic acids is 1. The Morgan fingerprint density at radius 1 is 1.50 bits per heavy atom. The second kappa shape index (κ2) is 4.72. The number of halogens is 2. The minimum absolute atomic E-state index is 0.125. The lowest BCUT2D eigenvalue weighted by atomic mass is 10.2. The van der Waals surface area contributed by atoms with Gasteiger partial charge in [0.15, 0.2) is 0 Å². The molecule has 0 aliphatic carbocycles. The van der Waals surface area contributed by atoms with E-state index in [0.717, 1.165) is 11.3 Å². The molecule has 2 N–H and O–H groups in total. The Balaban J connectivity index is 2.66. The van der Waals surface area contributed by atoms with Crippen LogP contribution in [-0.2, 0) is 0 Å². The van der Waals surface area contributed by atoms with E-state index in [-0.39, 0.29) is 17.1 Å². The molecule has 0 saturated heterocycles. The van der Waals surface area contributed by atoms with Crippen molar-refractivity contribution in [1.82, 2.24) is 9.97 Å². The van der Waals surface area contributed by atoms with Crippen LogP contribution in [0.1, 0.15) is 16.1 Å². The highest BCUT2D eigenvalue weighted by Crippen LogP contribution is 2.36. The summed E-state index contributed by atoms with van der Waals surface area (Å²) in [7, 11) is 0. The van der Waals surface area contributed by atoms with Crippen LogP contribution in [0, 0.1) is 6.92 Å². The fourth-order valence-corrected chi connectivity index (χ4v) is 2.93. The Bertz CT molecular complexity index is 693. The van der Waals surface area contributed by atoms with Gasteiger partial charge in [0, 0.05) is 5.56 Å². The first-order chi connectivity index (χ1) is 8.40. The maximum atomic E-state index is 11.6. The molecule has 5 nitrogen and oxygen atoms in total. The molecule has 0 radical (unpaired) electrons. The first kappa shape index (κ1) is 13.1. The molecule has 0 unspecified atom stereocenters. The van der Waals surface area contributed by atoms with Crippen LogP contribution in [-0.4, -0.2) is 21.0 Å². The van der Waals surface area contributed by atoms with Crippen molar-refractivity contribution < 1.29 is 9.90 Å². The van der Waals surface area contributed by atoms with E-state index in [4.69, 9.17) is 28.3 Å². The Hall–Kier alpha value is -1.37. The Morgan fingerprint density at radius 3 is 2.61 bits per heavy atom. The lowest BCUT2D eigenvalue weighted by Gasteiger charge is -2.03. The standard InChI is InChI=1S/C10H6Cl2N2O3S/c1-3-6(10(16)17)9(15)14-8(13-3)4-2-5(11)18-7(4)12/h2H,1H3,(H,16,17)(H,13,14,15). The summed E-state index contributed by atoms with van der Waals surface area (Å²) in [5.41, 5.74) is -0.497. The molecule has 94 valence electrons. The molecule has 0 bridgehead atoms. The van der Waals surface area contributed by atoms with E-state index in [0.29, 0.717) is 14.2 Å². The van der Waals surface area contributed by atoms with Gasteiger partial charge in [-0.05, 0) is 13.0 Å². The molecular formula is C10H6Cl2N2O3S. The van der Waals surface area contributed by atoms with E-state index in [1.807, 2.05) is 0 Å². The van der Waals surface area contributed by atoms with Crippen molar-refractivity contribution in [3.8, 4) is 11.4 Å². The summed E-state index contributed by atoms with van der Waals surface area (Å²) in [6.45, 7) is 1.45. The predicted octanol–water partition coefficient (Wildman–Crippen LogP) is 2.81. The van der Waals surface area contributed by atoms with Gasteiger partial charge in [-0.1, -0.05) is 23.2 Å². The highest BCUT2D eigenvalue weighted by atomic mass is 35.5. The molecule has 2 aromatic heterocycles. The fraction of sp³-hybridized carbons (Fsp3) is 0.100. The summed E-state index contributed by atoms with van der Waals surface area (Å²) in [4.78, 5) is 28.9. The Morgan fingerprint density at radius 2 is 2.17 bits per heavy atom. The summed E-state index contributed by atoms with van der Waals surface area (Å²) in [5.74, 6) is -1.11. The second-order valence-corrected chi connectivity index (χ2v) is 5.70. The summed E-state index contributed by atoms with van der Waals surface area (Å²) in [5, 5.41) is 8.86. The van der Waals surface area contributed by atoms with Gasteiger partial charge in [0.25, 0.3) is 5.56 Å². The zero-order chi connectivity index (χ0) is 13.4. The van der Waals surface area contributed by atoms with Crippen molar-refractivity contribution in [2.75, 3.05) is 0 Å². The molecule has 8 heteroatoms. The molecule has 0 aromatic carbocycles. The first-order valence-corrected chi connectivity index (χ1v) is 6.27. The number of aryl methyl sites for hydroxylation is 1. The van der Waals surface area contributed by atoms with E-state index in [1.165, 1.54) is 6.92 Å². The van der Waals surface area contributed by atoms with Gasteiger partial charge in [0.05, 0.1) is 10.0 Å². The Labute approximate surface area is 115 Å². The minimum atomic E-state index is -1.32. The van der Waals surface area contributed by atoms with Crippen LogP contribution in [0.15, 0.2) is 10.9 Å². The molecule has 0 saturated carbocycles. The van der Waals surface area contributed by atoms with Gasteiger partial charge in [-0.25, -0.2) is 9.78 Å². The number of nitrogens with one attached hydrogen (secondary N) is 1. The number of hydrogen-bond acceptors (Lipinski definition) is 4. The number of rotatable bonds is 2. The second-order valence-electron chi connectivity index (χ2n) is 3.42. The predicted molar refractivity (Wildman–Crippen MR) is 69.9 cm³/mol. The van der Waals surface area contributed by atoms with Gasteiger partial charge in [0.1, 0.15) is 15.7 Å². The number of carboxylic acid groups (broad SMARTS) is 1. The Kier molecular flexibility index (Phi) is 3.43. The SMILES string of the molecule is Cc1nc(-c2cc(Cl)sc2Cl)[nH]c(=O)c1C(=O)O. The highest BCUT2D eigenvalue weighted by molar-refractivity contribution is 7.20. The van der Waals surface area contributed by atoms with E-state index in [1.54, 1.807) is 6.07 Å². The summed E-state index contributed by atoms with van der Waals surface area (Å²) >= 11 is 12.9. The number of aromatic amines is 1. The summed E-state index contributed by atoms with van der Waals surface area (Å²) in [6, 6.07) is 1.56. The van der Waals surface area contributed by atoms with Gasteiger partial charge < -0.3 is 10.1 Å². The molecule has 2 heterocycles. The third kappa shape index (κ3) is 2.27. The van der Waals surface area contributed by atoms with Gasteiger partial charge >= 0.3 is 5.97 Å². The molecule has 0 spiro atoms. The van der Waals surface area contributed by atoms with Gasteiger partial charge in [-0.2, -0.15) is 0 Å². The van der Waals surface area contributed by atoms with Crippen LogP contribution in [0.25, 0.3) is 11.4 Å². The number of carboxylic acids is 1. The van der Waals surface area contributed by atoms with Crippen molar-refractivity contribution in [2.45, 2.75) is 6.92 Å². The average molecular weight is 305 g/mol. The topological polar surface area (TPSA) is 83.0 Å². The molecule has 0 amide bonds. The first-order valence-electron chi connectivity index (χ1n) is 4.69. The number of H-pyrrole nitrogens is 1. The molecule has 18 heavy (non-hydrogen) atoms. The number of aromatic nitrogens is 2. The molecule has 2 rings (SSSR count). The van der Waals surface area contributed by atoms with E-state index >= 15 is 0 Å². The van der Waals surface area contributed by atoms with Crippen LogP contribution in [0.3, 0.4) is 0 Å². The lowest BCUT2D eigenvalue weighted by Crippen LogP contribution is -2.21. The van der Waals surface area contributed by atoms with E-state index in [2.05, 4.69) is 9.97 Å². The van der Waals surface area contributed by atoms with Crippen LogP contribution < -0.4 is 5.56 Å². The lowest BCUT2D eigenvalue weighted by molar-refractivity contribution is 0.0693. The number of carbonyl (C=O) groups is 1. The van der Waals surface area contributed by atoms with Crippen LogP contribution in [0.2, 0.25) is 8.67 Å². The van der Waals surface area contributed by atoms with Crippen molar-refractivity contribution in [2.24, 2.45) is 0 Å². The van der Waals surface area contributed by atoms with Crippen LogP contribution in [0.4, 0.5) is 0 Å². The summed E-state index contributed by atoms with van der Waals surface area (Å²) in [6.07, 6.45) is 0. The fourth-order valence-electron chi connectivity index (χ4n) is 1.47. The van der Waals surface area contributed by atoms with Crippen molar-refractivity contribution in [3.63, 3.8) is 0 Å². The van der Waals surface area contributed by atoms with Crippen LogP contribution in [0.5, 0.6) is 0 Å². The minimum Gasteiger partial charge on any atom is -0.477 e.